The second-order valence-corrected chi connectivity index (χ2v) is 8.59. The van der Waals surface area contributed by atoms with Gasteiger partial charge in [0.1, 0.15) is 12.4 Å². The fraction of sp³-hybridized carbons (Fsp3) is 0.619. The van der Waals surface area contributed by atoms with Gasteiger partial charge in [-0.25, -0.2) is 0 Å². The maximum atomic E-state index is 12.6. The number of fused-ring (bicyclic) bond motifs is 1. The molecule has 6 heteroatoms. The van der Waals surface area contributed by atoms with Crippen LogP contribution in [0.3, 0.4) is 0 Å². The number of nitrogens with zero attached hydrogens (tertiary/aromatic N) is 2. The smallest absolute Gasteiger partial charge is 0.253 e. The van der Waals surface area contributed by atoms with Gasteiger partial charge in [-0.2, -0.15) is 0 Å². The lowest BCUT2D eigenvalue weighted by Gasteiger charge is -2.36. The lowest BCUT2D eigenvalue weighted by atomic mass is 10.0. The monoisotopic (exact) mass is 373 g/mol. The van der Waals surface area contributed by atoms with Gasteiger partial charge in [-0.1, -0.05) is 13.8 Å². The van der Waals surface area contributed by atoms with Crippen LogP contribution in [-0.4, -0.2) is 56.0 Å². The van der Waals surface area contributed by atoms with E-state index in [4.69, 9.17) is 4.74 Å². The molecule has 1 saturated carbocycles. The molecule has 0 radical (unpaired) electrons. The van der Waals surface area contributed by atoms with Crippen molar-refractivity contribution in [2.24, 2.45) is 5.92 Å². The van der Waals surface area contributed by atoms with Crippen molar-refractivity contribution in [3.8, 4) is 5.75 Å². The Morgan fingerprint density at radius 1 is 1.33 bits per heavy atom. The Kier molecular flexibility index (Phi) is 5.36. The summed E-state index contributed by atoms with van der Waals surface area (Å²) in [6.45, 7) is 4.85. The van der Waals surface area contributed by atoms with E-state index in [1.54, 1.807) is 25.1 Å². The molecule has 3 rings (SSSR count). The Hall–Kier alpha value is -2.24. The number of ether oxygens (including phenoxy) is 1. The highest BCUT2D eigenvalue weighted by atomic mass is 16.5. The number of amides is 2. The van der Waals surface area contributed by atoms with Crippen molar-refractivity contribution >= 4 is 17.5 Å². The molecule has 1 atom stereocenters. The Morgan fingerprint density at radius 2 is 2.04 bits per heavy atom. The van der Waals surface area contributed by atoms with Gasteiger partial charge in [-0.05, 0) is 43.4 Å². The molecule has 6 nitrogen and oxygen atoms in total. The molecule has 1 aromatic rings. The second-order valence-electron chi connectivity index (χ2n) is 8.59. The number of hydrogen-bond acceptors (Lipinski definition) is 4. The van der Waals surface area contributed by atoms with Gasteiger partial charge in [0, 0.05) is 32.2 Å². The maximum Gasteiger partial charge on any atom is 0.253 e. The average molecular weight is 373 g/mol. The Balaban J connectivity index is 1.67. The molecule has 1 aliphatic heterocycles. The van der Waals surface area contributed by atoms with Gasteiger partial charge in [0.05, 0.1) is 18.2 Å². The van der Waals surface area contributed by atoms with E-state index >= 15 is 0 Å². The van der Waals surface area contributed by atoms with Gasteiger partial charge < -0.3 is 19.9 Å². The SMILES string of the molecule is CC(C)CC1(NC(=O)C[C@@H]2COc3ccc(C(=O)N(C)C)cc3N2C)CC1. The average Bonchev–Trinajstić information content (AvgIpc) is 3.34. The molecule has 27 heavy (non-hydrogen) atoms. The van der Waals surface area contributed by atoms with Crippen LogP contribution in [0.1, 0.15) is 49.9 Å². The van der Waals surface area contributed by atoms with E-state index in [2.05, 4.69) is 24.1 Å². The van der Waals surface area contributed by atoms with Crippen molar-refractivity contribution in [3.63, 3.8) is 0 Å². The van der Waals surface area contributed by atoms with Crippen LogP contribution in [0, 0.1) is 5.92 Å². The number of anilines is 1. The molecule has 1 heterocycles. The third-order valence-electron chi connectivity index (χ3n) is 5.45. The summed E-state index contributed by atoms with van der Waals surface area (Å²) in [5.74, 6) is 1.36. The molecule has 0 bridgehead atoms. The third kappa shape index (κ3) is 4.37. The Labute approximate surface area is 161 Å². The van der Waals surface area contributed by atoms with Crippen LogP contribution in [-0.2, 0) is 4.79 Å². The standard InChI is InChI=1S/C21H31N3O3/c1-14(2)12-21(8-9-21)22-19(25)11-16-13-27-18-7-6-15(20(26)23(3)4)10-17(18)24(16)5/h6-7,10,14,16H,8-9,11-13H2,1-5H3,(H,22,25)/t16-/m1/s1. The van der Waals surface area contributed by atoms with Crippen molar-refractivity contribution < 1.29 is 14.3 Å². The molecule has 0 spiro atoms. The summed E-state index contributed by atoms with van der Waals surface area (Å²) in [6.07, 6.45) is 3.58. The Bertz CT molecular complexity index is 725. The zero-order valence-corrected chi connectivity index (χ0v) is 17.0. The molecule has 0 saturated heterocycles. The lowest BCUT2D eigenvalue weighted by Crippen LogP contribution is -2.46. The predicted octanol–water partition coefficient (Wildman–Crippen LogP) is 2.67. The van der Waals surface area contributed by atoms with E-state index in [-0.39, 0.29) is 23.4 Å². The van der Waals surface area contributed by atoms with Crippen LogP contribution in [0.15, 0.2) is 18.2 Å². The highest BCUT2D eigenvalue weighted by Crippen LogP contribution is 2.41. The Morgan fingerprint density at radius 3 is 2.63 bits per heavy atom. The largest absolute Gasteiger partial charge is 0.489 e. The predicted molar refractivity (Wildman–Crippen MR) is 106 cm³/mol. The van der Waals surface area contributed by atoms with Gasteiger partial charge in [-0.3, -0.25) is 9.59 Å². The first-order chi connectivity index (χ1) is 12.7. The molecule has 0 aromatic heterocycles. The highest BCUT2D eigenvalue weighted by Gasteiger charge is 2.44. The number of carbonyl (C=O) groups excluding carboxylic acids is 2. The summed E-state index contributed by atoms with van der Waals surface area (Å²) < 4.78 is 5.87. The second kappa shape index (κ2) is 7.41. The molecule has 1 aliphatic carbocycles. The summed E-state index contributed by atoms with van der Waals surface area (Å²) >= 11 is 0. The van der Waals surface area contributed by atoms with Gasteiger partial charge in [-0.15, -0.1) is 0 Å². The molecule has 2 amide bonds. The summed E-state index contributed by atoms with van der Waals surface area (Å²) in [7, 11) is 5.43. The first-order valence-corrected chi connectivity index (χ1v) is 9.73. The van der Waals surface area contributed by atoms with Crippen LogP contribution in [0.5, 0.6) is 5.75 Å². The summed E-state index contributed by atoms with van der Waals surface area (Å²) in [5.41, 5.74) is 1.49. The minimum Gasteiger partial charge on any atom is -0.489 e. The number of carbonyl (C=O) groups is 2. The quantitative estimate of drug-likeness (QED) is 0.833. The van der Waals surface area contributed by atoms with Gasteiger partial charge >= 0.3 is 0 Å². The molecule has 1 N–H and O–H groups in total. The lowest BCUT2D eigenvalue weighted by molar-refractivity contribution is -0.122. The third-order valence-corrected chi connectivity index (χ3v) is 5.45. The van der Waals surface area contributed by atoms with Crippen molar-refractivity contribution in [3.05, 3.63) is 23.8 Å². The van der Waals surface area contributed by atoms with E-state index in [1.807, 2.05) is 19.2 Å². The zero-order valence-electron chi connectivity index (χ0n) is 17.0. The minimum absolute atomic E-state index is 0.0164. The van der Waals surface area contributed by atoms with Crippen molar-refractivity contribution in [1.82, 2.24) is 10.2 Å². The van der Waals surface area contributed by atoms with Gasteiger partial charge in [0.15, 0.2) is 0 Å². The molecule has 0 unspecified atom stereocenters. The fourth-order valence-corrected chi connectivity index (χ4v) is 3.87. The minimum atomic E-state index is -0.0459. The summed E-state index contributed by atoms with van der Waals surface area (Å²) in [4.78, 5) is 28.5. The zero-order chi connectivity index (χ0) is 19.8. The molecular weight excluding hydrogens is 342 g/mol. The van der Waals surface area contributed by atoms with Crippen LogP contribution in [0.4, 0.5) is 5.69 Å². The first-order valence-electron chi connectivity index (χ1n) is 9.73. The van der Waals surface area contributed by atoms with Crippen LogP contribution in [0.2, 0.25) is 0 Å². The summed E-state index contributed by atoms with van der Waals surface area (Å²) in [6, 6.07) is 5.42. The number of benzene rings is 1. The van der Waals surface area contributed by atoms with Crippen molar-refractivity contribution in [2.45, 2.75) is 51.1 Å². The van der Waals surface area contributed by atoms with E-state index in [0.29, 0.717) is 24.5 Å². The number of nitrogens with one attached hydrogen (secondary N) is 1. The normalized spacial score (nSPS) is 19.9. The first kappa shape index (κ1) is 19.5. The van der Waals surface area contributed by atoms with Crippen LogP contribution in [0.25, 0.3) is 0 Å². The van der Waals surface area contributed by atoms with E-state index in [1.165, 1.54) is 0 Å². The van der Waals surface area contributed by atoms with Gasteiger partial charge in [0.25, 0.3) is 5.91 Å². The van der Waals surface area contributed by atoms with Gasteiger partial charge in [0.2, 0.25) is 5.91 Å². The number of likely N-dealkylation sites (N-methyl/N-ethyl adjacent to an activating group) is 1. The molecule has 1 aromatic carbocycles. The van der Waals surface area contributed by atoms with Crippen LogP contribution >= 0.6 is 0 Å². The topological polar surface area (TPSA) is 61.9 Å². The number of rotatable bonds is 6. The van der Waals surface area contributed by atoms with E-state index < -0.39 is 0 Å². The number of hydrogen-bond donors (Lipinski definition) is 1. The molecule has 148 valence electrons. The molecular formula is C21H31N3O3. The molecule has 2 aliphatic rings. The van der Waals surface area contributed by atoms with Crippen molar-refractivity contribution in [2.75, 3.05) is 32.6 Å². The van der Waals surface area contributed by atoms with E-state index in [9.17, 15) is 9.59 Å². The van der Waals surface area contributed by atoms with E-state index in [0.717, 1.165) is 30.7 Å². The molecule has 1 fully saturated rings. The van der Waals surface area contributed by atoms with Crippen LogP contribution < -0.4 is 15.0 Å². The maximum absolute atomic E-state index is 12.6. The highest BCUT2D eigenvalue weighted by molar-refractivity contribution is 5.95. The fourth-order valence-electron chi connectivity index (χ4n) is 3.87. The van der Waals surface area contributed by atoms with Crippen molar-refractivity contribution in [1.29, 1.82) is 0 Å². The summed E-state index contributed by atoms with van der Waals surface area (Å²) in [5, 5.41) is 3.25.